The maximum atomic E-state index is 11.5. The smallest absolute Gasteiger partial charge is 0.347 e. The zero-order valence-corrected chi connectivity index (χ0v) is 10.2. The summed E-state index contributed by atoms with van der Waals surface area (Å²) in [6.07, 6.45) is 0.405. The summed E-state index contributed by atoms with van der Waals surface area (Å²) in [6, 6.07) is 0. The molecule has 0 amide bonds. The minimum atomic E-state index is -0.754. The zero-order chi connectivity index (χ0) is 12.0. The molecule has 0 aliphatic rings. The Kier molecular flexibility index (Phi) is 5.93. The first-order valence-electron chi connectivity index (χ1n) is 5.44. The number of hydrogen-bond donors (Lipinski definition) is 1. The van der Waals surface area contributed by atoms with E-state index >= 15 is 0 Å². The SMILES string of the molecule is CC.CCc1nn(C)c(=O)n1C(O)CC. The van der Waals surface area contributed by atoms with Crippen molar-refractivity contribution in [3.8, 4) is 0 Å². The van der Waals surface area contributed by atoms with Crippen molar-refractivity contribution >= 4 is 0 Å². The number of aryl methyl sites for hydroxylation is 2. The number of aliphatic hydroxyl groups is 1. The van der Waals surface area contributed by atoms with Gasteiger partial charge in [-0.1, -0.05) is 27.7 Å². The van der Waals surface area contributed by atoms with E-state index in [-0.39, 0.29) is 5.69 Å². The Morgan fingerprint density at radius 3 is 2.33 bits per heavy atom. The first-order valence-corrected chi connectivity index (χ1v) is 5.44. The Morgan fingerprint density at radius 2 is 1.93 bits per heavy atom. The molecular formula is C10H21N3O2. The van der Waals surface area contributed by atoms with Crippen LogP contribution in [0.3, 0.4) is 0 Å². The van der Waals surface area contributed by atoms with E-state index < -0.39 is 6.23 Å². The first-order chi connectivity index (χ1) is 7.11. The Labute approximate surface area is 90.3 Å². The van der Waals surface area contributed by atoms with Gasteiger partial charge in [0.1, 0.15) is 12.1 Å². The van der Waals surface area contributed by atoms with E-state index in [1.54, 1.807) is 7.05 Å². The van der Waals surface area contributed by atoms with E-state index in [0.29, 0.717) is 18.7 Å². The normalized spacial score (nSPS) is 11.9. The van der Waals surface area contributed by atoms with Crippen LogP contribution in [-0.4, -0.2) is 19.5 Å². The van der Waals surface area contributed by atoms with Crippen LogP contribution < -0.4 is 5.69 Å². The van der Waals surface area contributed by atoms with Crippen molar-refractivity contribution in [1.82, 2.24) is 14.3 Å². The summed E-state index contributed by atoms with van der Waals surface area (Å²) in [7, 11) is 1.58. The lowest BCUT2D eigenvalue weighted by molar-refractivity contribution is 0.0928. The topological polar surface area (TPSA) is 60.0 Å². The lowest BCUT2D eigenvalue weighted by Gasteiger charge is -2.09. The molecule has 0 aliphatic carbocycles. The Morgan fingerprint density at radius 1 is 1.40 bits per heavy atom. The van der Waals surface area contributed by atoms with Crippen molar-refractivity contribution in [2.75, 3.05) is 0 Å². The number of rotatable bonds is 3. The van der Waals surface area contributed by atoms with E-state index in [1.165, 1.54) is 9.25 Å². The largest absolute Gasteiger partial charge is 0.373 e. The third-order valence-electron chi connectivity index (χ3n) is 2.01. The summed E-state index contributed by atoms with van der Waals surface area (Å²) in [6.45, 7) is 7.73. The fraction of sp³-hybridized carbons (Fsp3) is 0.800. The van der Waals surface area contributed by atoms with Gasteiger partial charge in [-0.3, -0.25) is 4.57 Å². The maximum Gasteiger partial charge on any atom is 0.347 e. The minimum Gasteiger partial charge on any atom is -0.373 e. The van der Waals surface area contributed by atoms with Crippen LogP contribution >= 0.6 is 0 Å². The minimum absolute atomic E-state index is 0.258. The van der Waals surface area contributed by atoms with Crippen LogP contribution in [0.15, 0.2) is 4.79 Å². The summed E-state index contributed by atoms with van der Waals surface area (Å²) >= 11 is 0. The van der Waals surface area contributed by atoms with Crippen molar-refractivity contribution in [1.29, 1.82) is 0 Å². The number of hydrogen-bond acceptors (Lipinski definition) is 3. The molecule has 0 fully saturated rings. The second-order valence-corrected chi connectivity index (χ2v) is 2.93. The van der Waals surface area contributed by atoms with Gasteiger partial charge in [-0.05, 0) is 6.42 Å². The molecule has 0 aromatic carbocycles. The van der Waals surface area contributed by atoms with Gasteiger partial charge in [-0.2, -0.15) is 5.10 Å². The van der Waals surface area contributed by atoms with Gasteiger partial charge in [0.05, 0.1) is 0 Å². The van der Waals surface area contributed by atoms with Crippen LogP contribution in [0.4, 0.5) is 0 Å². The molecule has 1 rings (SSSR count). The molecule has 0 spiro atoms. The molecule has 0 bridgehead atoms. The average molecular weight is 215 g/mol. The third kappa shape index (κ3) is 2.92. The van der Waals surface area contributed by atoms with Crippen LogP contribution in [0, 0.1) is 0 Å². The highest BCUT2D eigenvalue weighted by Gasteiger charge is 2.14. The Hall–Kier alpha value is -1.10. The fourth-order valence-corrected chi connectivity index (χ4v) is 1.25. The van der Waals surface area contributed by atoms with Crippen LogP contribution in [0.1, 0.15) is 46.2 Å². The van der Waals surface area contributed by atoms with Gasteiger partial charge in [0.15, 0.2) is 0 Å². The van der Waals surface area contributed by atoms with E-state index in [9.17, 15) is 9.90 Å². The molecule has 0 aliphatic heterocycles. The van der Waals surface area contributed by atoms with Crippen molar-refractivity contribution < 1.29 is 5.11 Å². The van der Waals surface area contributed by atoms with Gasteiger partial charge in [-0.25, -0.2) is 9.48 Å². The molecule has 1 unspecified atom stereocenters. The van der Waals surface area contributed by atoms with Gasteiger partial charge in [0.25, 0.3) is 0 Å². The third-order valence-corrected chi connectivity index (χ3v) is 2.01. The zero-order valence-electron chi connectivity index (χ0n) is 10.2. The van der Waals surface area contributed by atoms with E-state index in [0.717, 1.165) is 0 Å². The predicted molar refractivity (Wildman–Crippen MR) is 59.7 cm³/mol. The lowest BCUT2D eigenvalue weighted by atomic mass is 10.4. The average Bonchev–Trinajstić information content (AvgIpc) is 2.57. The molecule has 1 aromatic rings. The molecule has 5 nitrogen and oxygen atoms in total. The van der Waals surface area contributed by atoms with Crippen molar-refractivity contribution in [3.05, 3.63) is 16.3 Å². The summed E-state index contributed by atoms with van der Waals surface area (Å²) in [4.78, 5) is 11.5. The molecule has 1 heterocycles. The molecule has 0 saturated heterocycles. The van der Waals surface area contributed by atoms with Crippen molar-refractivity contribution in [2.24, 2.45) is 7.05 Å². The monoisotopic (exact) mass is 215 g/mol. The van der Waals surface area contributed by atoms with Crippen molar-refractivity contribution in [2.45, 2.75) is 46.8 Å². The molecular weight excluding hydrogens is 194 g/mol. The van der Waals surface area contributed by atoms with Crippen LogP contribution in [0.25, 0.3) is 0 Å². The van der Waals surface area contributed by atoms with E-state index in [2.05, 4.69) is 5.10 Å². The van der Waals surface area contributed by atoms with Crippen LogP contribution in [-0.2, 0) is 13.5 Å². The van der Waals surface area contributed by atoms with Gasteiger partial charge in [0, 0.05) is 13.5 Å². The fourth-order valence-electron chi connectivity index (χ4n) is 1.25. The predicted octanol–water partition coefficient (Wildman–Crippen LogP) is 1.07. The summed E-state index contributed by atoms with van der Waals surface area (Å²) in [5.41, 5.74) is -0.258. The van der Waals surface area contributed by atoms with E-state index in [4.69, 9.17) is 0 Å². The van der Waals surface area contributed by atoms with E-state index in [1.807, 2.05) is 27.7 Å². The molecule has 15 heavy (non-hydrogen) atoms. The molecule has 5 heteroatoms. The van der Waals surface area contributed by atoms with Gasteiger partial charge in [-0.15, -0.1) is 0 Å². The summed E-state index contributed by atoms with van der Waals surface area (Å²) in [5, 5.41) is 13.5. The van der Waals surface area contributed by atoms with Crippen LogP contribution in [0.5, 0.6) is 0 Å². The van der Waals surface area contributed by atoms with Gasteiger partial charge >= 0.3 is 5.69 Å². The quantitative estimate of drug-likeness (QED) is 0.820. The van der Waals surface area contributed by atoms with Crippen LogP contribution in [0.2, 0.25) is 0 Å². The number of aromatic nitrogens is 3. The second kappa shape index (κ2) is 6.40. The molecule has 1 aromatic heterocycles. The highest BCUT2D eigenvalue weighted by atomic mass is 16.3. The van der Waals surface area contributed by atoms with Gasteiger partial charge < -0.3 is 5.11 Å². The molecule has 1 N–H and O–H groups in total. The highest BCUT2D eigenvalue weighted by Crippen LogP contribution is 2.06. The van der Waals surface area contributed by atoms with Gasteiger partial charge in [0.2, 0.25) is 0 Å². The standard InChI is InChI=1S/C8H15N3O2.C2H6/c1-4-6-9-10(3)8(13)11(6)7(12)5-2;1-2/h7,12H,4-5H2,1-3H3;1-2H3. The Balaban J connectivity index is 0.000000921. The maximum absolute atomic E-state index is 11.5. The highest BCUT2D eigenvalue weighted by molar-refractivity contribution is 4.88. The lowest BCUT2D eigenvalue weighted by Crippen LogP contribution is -2.27. The summed E-state index contributed by atoms with van der Waals surface area (Å²) < 4.78 is 2.58. The first kappa shape index (κ1) is 13.9. The Bertz CT molecular complexity index is 341. The molecule has 88 valence electrons. The summed E-state index contributed by atoms with van der Waals surface area (Å²) in [5.74, 6) is 0.627. The number of nitrogens with zero attached hydrogens (tertiary/aromatic N) is 3. The van der Waals surface area contributed by atoms with Crippen molar-refractivity contribution in [3.63, 3.8) is 0 Å². The molecule has 1 atom stereocenters. The second-order valence-electron chi connectivity index (χ2n) is 2.93. The molecule has 0 radical (unpaired) electrons. The molecule has 0 saturated carbocycles. The number of aliphatic hydroxyl groups excluding tert-OH is 1.